The molecule has 1 N–H and O–H groups in total. The van der Waals surface area contributed by atoms with E-state index in [9.17, 15) is 19.0 Å². The SMILES string of the molecule is CCCCC/C=C\C/C=C\C/C=C\CCCCCCCCCCCCC(=O)NC(COP(=O)([O-])OCC[N+](C)(C)C)C(/C=C\CCCCCCCCCCCCC)OC(=O)CCCCCCCC/C=C\C/C=C\C/C=C\CCCCC. The maximum Gasteiger partial charge on any atom is 0.306 e. The third-order valence-corrected chi connectivity index (χ3v) is 15.8. The van der Waals surface area contributed by atoms with Crippen molar-refractivity contribution in [2.45, 2.75) is 315 Å². The summed E-state index contributed by atoms with van der Waals surface area (Å²) < 4.78 is 30.4. The van der Waals surface area contributed by atoms with Crippen LogP contribution in [0, 0.1) is 0 Å². The van der Waals surface area contributed by atoms with Crippen LogP contribution < -0.4 is 10.2 Å². The summed E-state index contributed by atoms with van der Waals surface area (Å²) in [7, 11) is 1.17. The number of nitrogens with one attached hydrogen (secondary N) is 1. The van der Waals surface area contributed by atoms with Gasteiger partial charge in [-0.3, -0.25) is 14.2 Å². The zero-order valence-electron chi connectivity index (χ0n) is 53.7. The number of carbonyl (C=O) groups excluding carboxylic acids is 2. The number of phosphoric ester groups is 1. The summed E-state index contributed by atoms with van der Waals surface area (Å²) in [6.07, 6.45) is 79.7. The molecule has 0 aliphatic heterocycles. The standard InChI is InChI=1S/C71H129N2O7P/c1-7-10-13-16-19-22-25-28-30-32-34-35-36-37-39-40-42-45-48-51-54-57-60-63-70(74)72-68(67-79-81(76,77)78-66-65-73(4,5)6)69(62-59-56-53-50-47-44-27-24-21-18-15-12-9-3)80-71(75)64-61-58-55-52-49-46-43-41-38-33-31-29-26-23-20-17-14-11-8-2/h19-20,22-23,28-31,34-35,38,41,59,62,68-69H,7-18,21,24-27,32-33,36-37,39-40,42-58,60-61,63-67H2,1-6H3,(H-,72,74,76,77)/b22-19-,23-20-,30-28-,31-29-,35-34-,41-38-,62-59-. The topological polar surface area (TPSA) is 114 Å². The van der Waals surface area contributed by atoms with Crippen molar-refractivity contribution in [2.75, 3.05) is 40.9 Å². The normalized spacial score (nSPS) is 14.1. The van der Waals surface area contributed by atoms with Gasteiger partial charge in [0.2, 0.25) is 5.91 Å². The lowest BCUT2D eigenvalue weighted by Crippen LogP contribution is -2.47. The Bertz CT molecular complexity index is 1660. The number of amides is 1. The summed E-state index contributed by atoms with van der Waals surface area (Å²) in [6, 6.07) is -0.901. The molecule has 0 fully saturated rings. The number of hydrogen-bond donors (Lipinski definition) is 1. The Kier molecular flexibility index (Phi) is 58.2. The molecule has 9 nitrogen and oxygen atoms in total. The molecule has 0 aromatic heterocycles. The molecule has 0 aliphatic rings. The van der Waals surface area contributed by atoms with Gasteiger partial charge in [0.25, 0.3) is 7.82 Å². The van der Waals surface area contributed by atoms with Gasteiger partial charge >= 0.3 is 5.97 Å². The lowest BCUT2D eigenvalue weighted by molar-refractivity contribution is -0.870. The van der Waals surface area contributed by atoms with E-state index in [-0.39, 0.29) is 24.9 Å². The van der Waals surface area contributed by atoms with E-state index in [0.29, 0.717) is 23.9 Å². The second-order valence-corrected chi connectivity index (χ2v) is 25.4. The average Bonchev–Trinajstić information content (AvgIpc) is 3.44. The van der Waals surface area contributed by atoms with Crippen molar-refractivity contribution >= 4 is 19.7 Å². The number of allylic oxidation sites excluding steroid dienone is 13. The van der Waals surface area contributed by atoms with Crippen molar-refractivity contribution in [3.63, 3.8) is 0 Å². The van der Waals surface area contributed by atoms with Gasteiger partial charge in [0.05, 0.1) is 33.8 Å². The van der Waals surface area contributed by atoms with Crippen LogP contribution in [0.1, 0.15) is 303 Å². The van der Waals surface area contributed by atoms with Crippen LogP contribution in [0.25, 0.3) is 0 Å². The molecule has 81 heavy (non-hydrogen) atoms. The minimum atomic E-state index is -4.71. The van der Waals surface area contributed by atoms with Gasteiger partial charge in [-0.25, -0.2) is 0 Å². The molecule has 10 heteroatoms. The van der Waals surface area contributed by atoms with Gasteiger partial charge in [-0.15, -0.1) is 0 Å². The number of quaternary nitrogens is 1. The fraction of sp³-hybridized carbons (Fsp3) is 0.775. The van der Waals surface area contributed by atoms with Crippen LogP contribution in [-0.2, 0) is 27.9 Å². The minimum absolute atomic E-state index is 0.0282. The molecule has 0 saturated carbocycles. The Balaban J connectivity index is 5.21. The first-order valence-electron chi connectivity index (χ1n) is 33.9. The van der Waals surface area contributed by atoms with Gasteiger partial charge < -0.3 is 28.5 Å². The molecule has 0 spiro atoms. The van der Waals surface area contributed by atoms with Crippen molar-refractivity contribution in [3.05, 3.63) is 85.1 Å². The second-order valence-electron chi connectivity index (χ2n) is 24.0. The van der Waals surface area contributed by atoms with E-state index in [0.717, 1.165) is 103 Å². The van der Waals surface area contributed by atoms with Crippen molar-refractivity contribution in [1.82, 2.24) is 5.32 Å². The predicted molar refractivity (Wildman–Crippen MR) is 348 cm³/mol. The van der Waals surface area contributed by atoms with Crippen molar-refractivity contribution in [1.29, 1.82) is 0 Å². The first-order valence-corrected chi connectivity index (χ1v) is 35.4. The molecule has 0 bridgehead atoms. The Morgan fingerprint density at radius 1 is 0.432 bits per heavy atom. The van der Waals surface area contributed by atoms with E-state index in [1.54, 1.807) is 0 Å². The molecular weight excluding hydrogens is 1020 g/mol. The molecule has 0 heterocycles. The van der Waals surface area contributed by atoms with E-state index < -0.39 is 26.6 Å². The molecule has 0 saturated heterocycles. The number of carbonyl (C=O) groups is 2. The van der Waals surface area contributed by atoms with Crippen molar-refractivity contribution in [3.8, 4) is 0 Å². The van der Waals surface area contributed by atoms with E-state index in [2.05, 4.69) is 99.0 Å². The summed E-state index contributed by atoms with van der Waals surface area (Å²) in [4.78, 5) is 40.1. The lowest BCUT2D eigenvalue weighted by Gasteiger charge is -2.30. The third-order valence-electron chi connectivity index (χ3n) is 14.8. The fourth-order valence-electron chi connectivity index (χ4n) is 9.54. The van der Waals surface area contributed by atoms with Crippen LogP contribution in [0.15, 0.2) is 85.1 Å². The molecule has 0 rings (SSSR count). The molecular formula is C71H129N2O7P. The molecule has 0 aliphatic carbocycles. The number of hydrogen-bond acceptors (Lipinski definition) is 7. The van der Waals surface area contributed by atoms with Crippen LogP contribution in [-0.4, -0.2) is 69.4 Å². The quantitative estimate of drug-likeness (QED) is 0.0212. The van der Waals surface area contributed by atoms with E-state index >= 15 is 0 Å². The highest BCUT2D eigenvalue weighted by atomic mass is 31.2. The van der Waals surface area contributed by atoms with E-state index in [1.165, 1.54) is 161 Å². The summed E-state index contributed by atoms with van der Waals surface area (Å²) in [6.45, 7) is 6.80. The van der Waals surface area contributed by atoms with Crippen molar-refractivity contribution in [2.24, 2.45) is 0 Å². The Labute approximate surface area is 501 Å². The van der Waals surface area contributed by atoms with Crippen molar-refractivity contribution < 1.29 is 37.3 Å². The van der Waals surface area contributed by atoms with Crippen LogP contribution in [0.2, 0.25) is 0 Å². The number of ether oxygens (including phenoxy) is 1. The van der Waals surface area contributed by atoms with Gasteiger partial charge in [0.15, 0.2) is 0 Å². The largest absolute Gasteiger partial charge is 0.756 e. The van der Waals surface area contributed by atoms with Crippen LogP contribution in [0.5, 0.6) is 0 Å². The van der Waals surface area contributed by atoms with E-state index in [4.69, 9.17) is 13.8 Å². The molecule has 0 aromatic carbocycles. The first-order chi connectivity index (χ1) is 39.4. The molecule has 0 aromatic rings. The third kappa shape index (κ3) is 61.6. The van der Waals surface area contributed by atoms with Crippen LogP contribution in [0.3, 0.4) is 0 Å². The monoisotopic (exact) mass is 1150 g/mol. The Hall–Kier alpha value is -2.81. The van der Waals surface area contributed by atoms with Gasteiger partial charge in [-0.05, 0) is 109 Å². The minimum Gasteiger partial charge on any atom is -0.756 e. The molecule has 0 radical (unpaired) electrons. The number of likely N-dealkylation sites (N-methyl/N-ethyl adjacent to an activating group) is 1. The van der Waals surface area contributed by atoms with Crippen LogP contribution in [0.4, 0.5) is 0 Å². The number of esters is 1. The highest BCUT2D eigenvalue weighted by Crippen LogP contribution is 2.38. The zero-order valence-corrected chi connectivity index (χ0v) is 54.6. The summed E-state index contributed by atoms with van der Waals surface area (Å²) in [5.74, 6) is -0.556. The number of rotatable bonds is 61. The van der Waals surface area contributed by atoms with E-state index in [1.807, 2.05) is 33.3 Å². The maximum absolute atomic E-state index is 13.6. The lowest BCUT2D eigenvalue weighted by atomic mass is 10.0. The predicted octanol–water partition coefficient (Wildman–Crippen LogP) is 20.7. The highest BCUT2D eigenvalue weighted by Gasteiger charge is 2.27. The smallest absolute Gasteiger partial charge is 0.306 e. The Morgan fingerprint density at radius 3 is 1.15 bits per heavy atom. The summed E-state index contributed by atoms with van der Waals surface area (Å²) in [5, 5.41) is 3.04. The fourth-order valence-corrected chi connectivity index (χ4v) is 10.3. The number of nitrogens with zero attached hydrogens (tertiary/aromatic N) is 1. The van der Waals surface area contributed by atoms with Gasteiger partial charge in [0, 0.05) is 12.8 Å². The second kappa shape index (κ2) is 60.3. The van der Waals surface area contributed by atoms with Gasteiger partial charge in [-0.2, -0.15) is 0 Å². The van der Waals surface area contributed by atoms with Gasteiger partial charge in [0.1, 0.15) is 19.3 Å². The summed E-state index contributed by atoms with van der Waals surface area (Å²) >= 11 is 0. The molecule has 1 amide bonds. The maximum atomic E-state index is 13.6. The average molecular weight is 1150 g/mol. The molecule has 3 atom stereocenters. The molecule has 3 unspecified atom stereocenters. The zero-order chi connectivity index (χ0) is 59.3. The molecule has 470 valence electrons. The highest BCUT2D eigenvalue weighted by molar-refractivity contribution is 7.45. The number of unbranched alkanes of at least 4 members (excludes halogenated alkanes) is 33. The summed E-state index contributed by atoms with van der Waals surface area (Å²) in [5.41, 5.74) is 0. The Morgan fingerprint density at radius 2 is 0.753 bits per heavy atom. The first kappa shape index (κ1) is 78.2. The van der Waals surface area contributed by atoms with Crippen LogP contribution >= 0.6 is 7.82 Å². The van der Waals surface area contributed by atoms with Gasteiger partial charge in [-0.1, -0.05) is 267 Å². The number of phosphoric acid groups is 1.